The third-order valence-corrected chi connectivity index (χ3v) is 3.59. The minimum Gasteiger partial charge on any atom is -0.395 e. The quantitative estimate of drug-likeness (QED) is 0.645. The monoisotopic (exact) mass is 241 g/mol. The maximum atomic E-state index is 13.6. The molecular weight excluding hydrogens is 229 g/mol. The second-order valence-corrected chi connectivity index (χ2v) is 4.36. The number of nitrogens with zero attached hydrogens (tertiary/aromatic N) is 1. The summed E-state index contributed by atoms with van der Waals surface area (Å²) in [6.07, 6.45) is 1.76. The molecule has 1 aromatic rings. The molecule has 0 saturated carbocycles. The Morgan fingerprint density at radius 3 is 2.75 bits per heavy atom. The highest BCUT2D eigenvalue weighted by molar-refractivity contribution is 7.96. The molecule has 2 unspecified atom stereocenters. The van der Waals surface area contributed by atoms with Gasteiger partial charge in [-0.05, 0) is 6.07 Å². The van der Waals surface area contributed by atoms with E-state index in [9.17, 15) is 9.18 Å². The van der Waals surface area contributed by atoms with E-state index in [4.69, 9.17) is 5.11 Å². The Kier molecular flexibility index (Phi) is 3.16. The number of carbonyl (C=O) groups is 1. The van der Waals surface area contributed by atoms with Crippen LogP contribution < -0.4 is 0 Å². The minimum absolute atomic E-state index is 0.136. The standard InChI is InChI=1S/C11H12FNO2S/c1-16-13-10(8(6-14)11(13)15)7-4-2-3-5-9(7)12/h2-5,8,10,14H,6H2,1H3. The molecule has 16 heavy (non-hydrogen) atoms. The van der Waals surface area contributed by atoms with Crippen LogP contribution in [0.3, 0.4) is 0 Å². The third-order valence-electron chi connectivity index (χ3n) is 2.79. The molecule has 0 spiro atoms. The van der Waals surface area contributed by atoms with Gasteiger partial charge in [-0.25, -0.2) is 4.39 Å². The number of β-lactam (4-membered cyclic amide) rings is 1. The summed E-state index contributed by atoms with van der Waals surface area (Å²) in [6.45, 7) is -0.241. The molecule has 1 saturated heterocycles. The first-order chi connectivity index (χ1) is 7.70. The number of carbonyl (C=O) groups excluding carboxylic acids is 1. The summed E-state index contributed by atoms with van der Waals surface area (Å²) in [5.41, 5.74) is 0.468. The largest absolute Gasteiger partial charge is 0.395 e. The van der Waals surface area contributed by atoms with Crippen molar-refractivity contribution in [2.45, 2.75) is 6.04 Å². The molecule has 3 nitrogen and oxygen atoms in total. The molecule has 1 heterocycles. The Morgan fingerprint density at radius 1 is 1.50 bits per heavy atom. The fourth-order valence-electron chi connectivity index (χ4n) is 1.96. The molecule has 0 aliphatic carbocycles. The molecule has 86 valence electrons. The van der Waals surface area contributed by atoms with E-state index in [1.54, 1.807) is 24.5 Å². The number of amides is 1. The maximum absolute atomic E-state index is 13.6. The number of halogens is 1. The molecule has 1 fully saturated rings. The van der Waals surface area contributed by atoms with Crippen LogP contribution in [-0.4, -0.2) is 28.2 Å². The molecule has 5 heteroatoms. The molecule has 0 bridgehead atoms. The van der Waals surface area contributed by atoms with Crippen LogP contribution in [0.5, 0.6) is 0 Å². The van der Waals surface area contributed by atoms with E-state index >= 15 is 0 Å². The average molecular weight is 241 g/mol. The first kappa shape index (κ1) is 11.4. The normalized spacial score (nSPS) is 24.4. The fraction of sp³-hybridized carbons (Fsp3) is 0.364. The highest BCUT2D eigenvalue weighted by atomic mass is 32.2. The van der Waals surface area contributed by atoms with Gasteiger partial charge in [-0.15, -0.1) is 0 Å². The van der Waals surface area contributed by atoms with E-state index in [2.05, 4.69) is 0 Å². The third kappa shape index (κ3) is 1.60. The summed E-state index contributed by atoms with van der Waals surface area (Å²) in [4.78, 5) is 11.5. The summed E-state index contributed by atoms with van der Waals surface area (Å²) < 4.78 is 15.1. The Morgan fingerprint density at radius 2 is 2.19 bits per heavy atom. The van der Waals surface area contributed by atoms with Gasteiger partial charge in [-0.2, -0.15) is 0 Å². The SMILES string of the molecule is CSN1C(=O)C(CO)C1c1ccccc1F. The number of hydrogen-bond donors (Lipinski definition) is 1. The summed E-state index contributed by atoms with van der Waals surface area (Å²) in [7, 11) is 0. The van der Waals surface area contributed by atoms with Gasteiger partial charge in [0.15, 0.2) is 0 Å². The van der Waals surface area contributed by atoms with Crippen molar-refractivity contribution < 1.29 is 14.3 Å². The number of benzene rings is 1. The molecule has 1 aliphatic heterocycles. The molecule has 0 aromatic heterocycles. The summed E-state index contributed by atoms with van der Waals surface area (Å²) in [5.74, 6) is -0.981. The predicted octanol–water partition coefficient (Wildman–Crippen LogP) is 1.60. The lowest BCUT2D eigenvalue weighted by molar-refractivity contribution is -0.148. The smallest absolute Gasteiger partial charge is 0.240 e. The number of aliphatic hydroxyl groups excluding tert-OH is 1. The molecule has 2 atom stereocenters. The van der Waals surface area contributed by atoms with Crippen LogP contribution in [-0.2, 0) is 4.79 Å². The summed E-state index contributed by atoms with van der Waals surface area (Å²) in [6, 6.07) is 6.00. The predicted molar refractivity (Wildman–Crippen MR) is 60.1 cm³/mol. The van der Waals surface area contributed by atoms with Crippen molar-refractivity contribution in [3.8, 4) is 0 Å². The van der Waals surface area contributed by atoms with Gasteiger partial charge in [0.05, 0.1) is 18.6 Å². The minimum atomic E-state index is -0.510. The van der Waals surface area contributed by atoms with Gasteiger partial charge in [0.25, 0.3) is 0 Å². The Balaban J connectivity index is 2.32. The number of aliphatic hydroxyl groups is 1. The topological polar surface area (TPSA) is 40.5 Å². The molecule has 1 amide bonds. The summed E-state index contributed by atoms with van der Waals surface area (Å²) in [5, 5.41) is 9.11. The van der Waals surface area contributed by atoms with Crippen LogP contribution >= 0.6 is 11.9 Å². The van der Waals surface area contributed by atoms with Crippen molar-refractivity contribution in [1.82, 2.24) is 4.31 Å². The zero-order chi connectivity index (χ0) is 11.7. The van der Waals surface area contributed by atoms with E-state index in [1.807, 2.05) is 0 Å². The summed E-state index contributed by atoms with van der Waals surface area (Å²) >= 11 is 1.26. The van der Waals surface area contributed by atoms with Crippen LogP contribution in [0, 0.1) is 11.7 Å². The van der Waals surface area contributed by atoms with E-state index < -0.39 is 5.92 Å². The second kappa shape index (κ2) is 4.43. The zero-order valence-electron chi connectivity index (χ0n) is 8.76. The van der Waals surface area contributed by atoms with Crippen LogP contribution in [0.1, 0.15) is 11.6 Å². The van der Waals surface area contributed by atoms with Gasteiger partial charge in [0.2, 0.25) is 5.91 Å². The first-order valence-electron chi connectivity index (χ1n) is 4.93. The van der Waals surface area contributed by atoms with Crippen LogP contribution in [0.15, 0.2) is 24.3 Å². The highest BCUT2D eigenvalue weighted by Gasteiger charge is 2.48. The van der Waals surface area contributed by atoms with Gasteiger partial charge in [-0.3, -0.25) is 9.10 Å². The molecule has 0 radical (unpaired) electrons. The van der Waals surface area contributed by atoms with Gasteiger partial charge in [0, 0.05) is 11.8 Å². The lowest BCUT2D eigenvalue weighted by Gasteiger charge is -2.45. The number of rotatable bonds is 3. The Labute approximate surface area is 97.4 Å². The second-order valence-electron chi connectivity index (χ2n) is 3.60. The molecular formula is C11H12FNO2S. The lowest BCUT2D eigenvalue weighted by atomic mass is 9.85. The molecule has 2 rings (SSSR count). The van der Waals surface area contributed by atoms with Gasteiger partial charge in [-0.1, -0.05) is 30.1 Å². The van der Waals surface area contributed by atoms with Gasteiger partial charge >= 0.3 is 0 Å². The Bertz CT molecular complexity index is 399. The molecule has 1 N–H and O–H groups in total. The van der Waals surface area contributed by atoms with Gasteiger partial charge in [0.1, 0.15) is 5.82 Å². The molecule has 1 aromatic carbocycles. The van der Waals surface area contributed by atoms with Crippen molar-refractivity contribution in [3.63, 3.8) is 0 Å². The van der Waals surface area contributed by atoms with Crippen molar-refractivity contribution in [2.24, 2.45) is 5.92 Å². The van der Waals surface area contributed by atoms with Gasteiger partial charge < -0.3 is 5.11 Å². The highest BCUT2D eigenvalue weighted by Crippen LogP contribution is 2.44. The van der Waals surface area contributed by atoms with Crippen LogP contribution in [0.4, 0.5) is 4.39 Å². The van der Waals surface area contributed by atoms with E-state index in [-0.39, 0.29) is 24.4 Å². The maximum Gasteiger partial charge on any atom is 0.240 e. The Hall–Kier alpha value is -1.07. The lowest BCUT2D eigenvalue weighted by Crippen LogP contribution is -2.52. The van der Waals surface area contributed by atoms with E-state index in [0.717, 1.165) is 0 Å². The van der Waals surface area contributed by atoms with Crippen molar-refractivity contribution in [3.05, 3.63) is 35.6 Å². The van der Waals surface area contributed by atoms with Crippen LogP contribution in [0.25, 0.3) is 0 Å². The molecule has 1 aliphatic rings. The van der Waals surface area contributed by atoms with Crippen molar-refractivity contribution in [2.75, 3.05) is 12.9 Å². The van der Waals surface area contributed by atoms with E-state index in [0.29, 0.717) is 5.56 Å². The fourth-order valence-corrected chi connectivity index (χ4v) is 2.76. The zero-order valence-corrected chi connectivity index (χ0v) is 9.58. The number of hydrogen-bond acceptors (Lipinski definition) is 3. The first-order valence-corrected chi connectivity index (χ1v) is 6.11. The average Bonchev–Trinajstić information content (AvgIpc) is 2.28. The van der Waals surface area contributed by atoms with Crippen molar-refractivity contribution in [1.29, 1.82) is 0 Å². The van der Waals surface area contributed by atoms with E-state index in [1.165, 1.54) is 22.3 Å². The van der Waals surface area contributed by atoms with Crippen molar-refractivity contribution >= 4 is 17.9 Å². The van der Waals surface area contributed by atoms with Crippen LogP contribution in [0.2, 0.25) is 0 Å².